The number of nitrogens with zero attached hydrogens (tertiary/aromatic N) is 3. The van der Waals surface area contributed by atoms with Gasteiger partial charge >= 0.3 is 0 Å². The van der Waals surface area contributed by atoms with Crippen molar-refractivity contribution < 1.29 is 19.8 Å². The Hall–Kier alpha value is -0.894. The first-order valence-corrected chi connectivity index (χ1v) is 0.671. The summed E-state index contributed by atoms with van der Waals surface area (Å²) in [6, 6.07) is 0. The minimum atomic E-state index is 0. The maximum Gasteiger partial charge on any atom is 0 e. The molecule has 0 bridgehead atoms. The Morgan fingerprint density at radius 1 is 0.571 bits per heavy atom. The van der Waals surface area contributed by atoms with Gasteiger partial charge in [-0.15, -0.1) is 0 Å². The maximum absolute atomic E-state index is 6.25. The predicted molar refractivity (Wildman–Crippen MR) is 14.9 cm³/mol. The minimum absolute atomic E-state index is 0. The topological polar surface area (TPSA) is 71.4 Å². The summed E-state index contributed by atoms with van der Waals surface area (Å²) < 4.78 is 0. The molecule has 0 heterocycles. The number of hydrogen-bond donors (Lipinski definition) is 0. The average Bonchev–Trinajstić information content (AvgIpc) is 1.81. The summed E-state index contributed by atoms with van der Waals surface area (Å²) in [5.41, 5.74) is 0. The van der Waals surface area contributed by atoms with Crippen molar-refractivity contribution in [2.45, 2.75) is 0 Å². The van der Waals surface area contributed by atoms with Gasteiger partial charge in [0.05, 0.1) is 0 Å². The van der Waals surface area contributed by atoms with Crippen LogP contribution in [-0.2, 0) is 19.8 Å². The fourth-order valence-electron chi connectivity index (χ4n) is 0. The van der Waals surface area contributed by atoms with Crippen molar-refractivity contribution in [1.82, 2.24) is 0 Å². The van der Waals surface area contributed by atoms with E-state index in [-0.39, 0.29) is 19.8 Å². The van der Waals surface area contributed by atoms with Crippen LogP contribution in [0.1, 0.15) is 0 Å². The summed E-state index contributed by atoms with van der Waals surface area (Å²) in [6.45, 7) is 14.2. The van der Waals surface area contributed by atoms with Crippen molar-refractivity contribution in [3.05, 3.63) is 19.7 Å². The van der Waals surface area contributed by atoms with Gasteiger partial charge in [-0.2, -0.15) is 0 Å². The zero-order valence-corrected chi connectivity index (χ0v) is 5.74. The zero-order valence-electron chi connectivity index (χ0n) is 3.20. The van der Waals surface area contributed by atoms with Crippen molar-refractivity contribution in [3.8, 4) is 0 Å². The van der Waals surface area contributed by atoms with Gasteiger partial charge in [0.15, 0.2) is 0 Å². The maximum atomic E-state index is 6.25. The number of rotatable bonds is 0. The van der Waals surface area contributed by atoms with Crippen molar-refractivity contribution in [3.63, 3.8) is 0 Å². The third-order valence-corrected chi connectivity index (χ3v) is 0. The van der Waals surface area contributed by atoms with Gasteiger partial charge in [0.1, 0.15) is 0 Å². The first kappa shape index (κ1) is 35.9. The molecule has 0 aromatic heterocycles. The SMILES string of the molecule is [C-]#N.[C-]#N.[C-]#N.[Os]. The monoisotopic (exact) mass is 270 g/mol. The average molecular weight is 268 g/mol. The molecule has 0 amide bonds. The molecular weight excluding hydrogens is 268 g/mol. The molecular formula is C3N3Os-3. The van der Waals surface area contributed by atoms with E-state index < -0.39 is 0 Å². The van der Waals surface area contributed by atoms with Crippen LogP contribution in [0.3, 0.4) is 0 Å². The quantitative estimate of drug-likeness (QED) is 0.593. The summed E-state index contributed by atoms with van der Waals surface area (Å²) in [5.74, 6) is 0. The van der Waals surface area contributed by atoms with Gasteiger partial charge < -0.3 is 35.5 Å². The molecule has 0 aromatic carbocycles. The third kappa shape index (κ3) is 61.7. The van der Waals surface area contributed by atoms with E-state index in [1.165, 1.54) is 0 Å². The summed E-state index contributed by atoms with van der Waals surface area (Å²) in [6.07, 6.45) is 0. The van der Waals surface area contributed by atoms with Crippen molar-refractivity contribution in [2.75, 3.05) is 0 Å². The van der Waals surface area contributed by atoms with Gasteiger partial charge in [-0.25, -0.2) is 0 Å². The molecule has 0 rings (SSSR count). The molecule has 7 heavy (non-hydrogen) atoms. The Morgan fingerprint density at radius 3 is 0.571 bits per heavy atom. The van der Waals surface area contributed by atoms with Gasteiger partial charge in [-0.3, -0.25) is 0 Å². The fourth-order valence-corrected chi connectivity index (χ4v) is 0. The van der Waals surface area contributed by atoms with E-state index >= 15 is 0 Å². The molecule has 0 aliphatic heterocycles. The van der Waals surface area contributed by atoms with Crippen LogP contribution in [-0.4, -0.2) is 0 Å². The van der Waals surface area contributed by atoms with Crippen LogP contribution < -0.4 is 0 Å². The molecule has 0 fully saturated rings. The summed E-state index contributed by atoms with van der Waals surface area (Å²) in [7, 11) is 0. The summed E-state index contributed by atoms with van der Waals surface area (Å²) in [5, 5.41) is 18.8. The van der Waals surface area contributed by atoms with E-state index in [4.69, 9.17) is 35.5 Å². The van der Waals surface area contributed by atoms with E-state index in [1.54, 1.807) is 0 Å². The van der Waals surface area contributed by atoms with E-state index in [1.807, 2.05) is 0 Å². The smallest absolute Gasteiger partial charge is 0 e. The molecule has 0 atom stereocenters. The molecule has 0 aliphatic carbocycles. The van der Waals surface area contributed by atoms with Crippen molar-refractivity contribution in [2.24, 2.45) is 0 Å². The Bertz CT molecular complexity index is 38.7. The van der Waals surface area contributed by atoms with Crippen LogP contribution in [0.2, 0.25) is 0 Å². The Morgan fingerprint density at radius 2 is 0.571 bits per heavy atom. The van der Waals surface area contributed by atoms with Crippen LogP contribution in [0.4, 0.5) is 0 Å². The second-order valence-corrected chi connectivity index (χ2v) is 0. The Kier molecular flexibility index (Phi) is 553. The van der Waals surface area contributed by atoms with E-state index in [9.17, 15) is 0 Å². The third-order valence-electron chi connectivity index (χ3n) is 0. The normalized spacial score (nSPS) is 0.857. The standard InChI is InChI=1S/3CN.Os/c3*1-2;/q3*-1;. The van der Waals surface area contributed by atoms with Crippen molar-refractivity contribution in [1.29, 1.82) is 15.8 Å². The van der Waals surface area contributed by atoms with E-state index in [2.05, 4.69) is 0 Å². The van der Waals surface area contributed by atoms with Gasteiger partial charge in [-0.05, 0) is 0 Å². The fraction of sp³-hybridized carbons (Fsp3) is 0. The first-order chi connectivity index (χ1) is 3.00. The molecule has 0 saturated carbocycles. The first-order valence-electron chi connectivity index (χ1n) is 0.671. The van der Waals surface area contributed by atoms with E-state index in [0.717, 1.165) is 0 Å². The Balaban J connectivity index is -0.00000000900. The second-order valence-electron chi connectivity index (χ2n) is 0. The van der Waals surface area contributed by atoms with Crippen LogP contribution >= 0.6 is 0 Å². The summed E-state index contributed by atoms with van der Waals surface area (Å²) in [4.78, 5) is 0. The molecule has 4 heteroatoms. The van der Waals surface area contributed by atoms with Crippen LogP contribution in [0.5, 0.6) is 0 Å². The zero-order chi connectivity index (χ0) is 6.00. The van der Waals surface area contributed by atoms with Gasteiger partial charge in [0.2, 0.25) is 0 Å². The molecule has 0 saturated heterocycles. The summed E-state index contributed by atoms with van der Waals surface area (Å²) >= 11 is 0. The molecule has 38 valence electrons. The van der Waals surface area contributed by atoms with Crippen LogP contribution in [0, 0.1) is 35.5 Å². The second kappa shape index (κ2) is 108. The molecule has 0 radical (unpaired) electrons. The molecule has 0 aliphatic rings. The molecule has 0 aromatic rings. The van der Waals surface area contributed by atoms with Crippen molar-refractivity contribution >= 4 is 0 Å². The molecule has 0 spiro atoms. The van der Waals surface area contributed by atoms with Gasteiger partial charge in [-0.1, -0.05) is 0 Å². The molecule has 0 N–H and O–H groups in total. The number of hydrogen-bond acceptors (Lipinski definition) is 3. The van der Waals surface area contributed by atoms with Gasteiger partial charge in [0.25, 0.3) is 0 Å². The molecule has 3 nitrogen and oxygen atoms in total. The Labute approximate surface area is 55.8 Å². The molecule has 0 unspecified atom stereocenters. The van der Waals surface area contributed by atoms with Crippen LogP contribution in [0.15, 0.2) is 0 Å². The van der Waals surface area contributed by atoms with Gasteiger partial charge in [0, 0.05) is 19.8 Å². The predicted octanol–water partition coefficient (Wildman–Crippen LogP) is 0.287. The van der Waals surface area contributed by atoms with Crippen LogP contribution in [0.25, 0.3) is 0 Å². The largest absolute Gasteiger partial charge is 0.512 e. The minimum Gasteiger partial charge on any atom is -0.512 e. The van der Waals surface area contributed by atoms with E-state index in [0.29, 0.717) is 0 Å².